The number of aromatic nitrogens is 1. The molecule has 0 aliphatic carbocycles. The van der Waals surface area contributed by atoms with Crippen LogP contribution < -0.4 is 0 Å². The van der Waals surface area contributed by atoms with Gasteiger partial charge in [-0.3, -0.25) is 0 Å². The van der Waals surface area contributed by atoms with E-state index in [0.29, 0.717) is 24.0 Å². The summed E-state index contributed by atoms with van der Waals surface area (Å²) in [5.74, 6) is 1.19. The standard InChI is InChI=1S/C13H15NO3/c1-9-12(7-15)14-13(17-9)11-5-3-10(4-6-11)8-16-2/h3-6,15H,7-8H2,1-2H3. The van der Waals surface area contributed by atoms with E-state index in [9.17, 15) is 0 Å². The predicted octanol–water partition coefficient (Wildman–Crippen LogP) is 2.29. The van der Waals surface area contributed by atoms with Gasteiger partial charge in [-0.15, -0.1) is 0 Å². The van der Waals surface area contributed by atoms with E-state index >= 15 is 0 Å². The molecule has 0 amide bonds. The molecule has 0 aliphatic rings. The monoisotopic (exact) mass is 233 g/mol. The molecular formula is C13H15NO3. The summed E-state index contributed by atoms with van der Waals surface area (Å²) in [6.07, 6.45) is 0. The summed E-state index contributed by atoms with van der Waals surface area (Å²) in [4.78, 5) is 4.23. The Morgan fingerprint density at radius 1 is 1.29 bits per heavy atom. The topological polar surface area (TPSA) is 55.5 Å². The highest BCUT2D eigenvalue weighted by Gasteiger charge is 2.10. The van der Waals surface area contributed by atoms with Crippen molar-refractivity contribution < 1.29 is 14.3 Å². The van der Waals surface area contributed by atoms with Crippen LogP contribution in [-0.2, 0) is 18.0 Å². The first kappa shape index (κ1) is 11.8. The summed E-state index contributed by atoms with van der Waals surface area (Å²) in [6.45, 7) is 2.28. The maximum atomic E-state index is 9.05. The predicted molar refractivity (Wildman–Crippen MR) is 63.3 cm³/mol. The molecule has 17 heavy (non-hydrogen) atoms. The molecule has 0 bridgehead atoms. The van der Waals surface area contributed by atoms with Crippen LogP contribution in [0.25, 0.3) is 11.5 Å². The third-order valence-electron chi connectivity index (χ3n) is 2.55. The van der Waals surface area contributed by atoms with Gasteiger partial charge in [-0.2, -0.15) is 0 Å². The molecule has 1 N–H and O–H groups in total. The van der Waals surface area contributed by atoms with E-state index in [1.807, 2.05) is 24.3 Å². The van der Waals surface area contributed by atoms with E-state index in [0.717, 1.165) is 11.1 Å². The Kier molecular flexibility index (Phi) is 3.56. The molecule has 0 saturated heterocycles. The molecule has 0 aliphatic heterocycles. The summed E-state index contributed by atoms with van der Waals surface area (Å²) >= 11 is 0. The summed E-state index contributed by atoms with van der Waals surface area (Å²) in [5.41, 5.74) is 2.58. The Morgan fingerprint density at radius 2 is 2.00 bits per heavy atom. The number of aliphatic hydroxyl groups excluding tert-OH is 1. The van der Waals surface area contributed by atoms with Crippen molar-refractivity contribution in [2.24, 2.45) is 0 Å². The Bertz CT molecular complexity index is 488. The molecule has 1 aromatic carbocycles. The zero-order chi connectivity index (χ0) is 12.3. The first-order chi connectivity index (χ1) is 8.24. The number of methoxy groups -OCH3 is 1. The fraction of sp³-hybridized carbons (Fsp3) is 0.308. The molecule has 2 rings (SSSR count). The van der Waals surface area contributed by atoms with Crippen molar-refractivity contribution >= 4 is 0 Å². The third-order valence-corrected chi connectivity index (χ3v) is 2.55. The van der Waals surface area contributed by atoms with Gasteiger partial charge in [-0.05, 0) is 24.6 Å². The number of hydrogen-bond acceptors (Lipinski definition) is 4. The SMILES string of the molecule is COCc1ccc(-c2nc(CO)c(C)o2)cc1. The molecule has 1 aromatic heterocycles. The maximum Gasteiger partial charge on any atom is 0.226 e. The van der Waals surface area contributed by atoms with Crippen LogP contribution in [0.1, 0.15) is 17.0 Å². The average molecular weight is 233 g/mol. The molecule has 1 heterocycles. The van der Waals surface area contributed by atoms with Crippen LogP contribution in [0.15, 0.2) is 28.7 Å². The summed E-state index contributed by atoms with van der Waals surface area (Å²) < 4.78 is 10.5. The van der Waals surface area contributed by atoms with E-state index in [-0.39, 0.29) is 6.61 Å². The Labute approximate surface area is 99.9 Å². The fourth-order valence-corrected chi connectivity index (χ4v) is 1.61. The quantitative estimate of drug-likeness (QED) is 0.880. The van der Waals surface area contributed by atoms with Crippen molar-refractivity contribution in [2.45, 2.75) is 20.1 Å². The molecule has 4 heteroatoms. The van der Waals surface area contributed by atoms with E-state index < -0.39 is 0 Å². The summed E-state index contributed by atoms with van der Waals surface area (Å²) in [5, 5.41) is 9.05. The van der Waals surface area contributed by atoms with Crippen molar-refractivity contribution in [2.75, 3.05) is 7.11 Å². The van der Waals surface area contributed by atoms with Gasteiger partial charge in [-0.1, -0.05) is 12.1 Å². The largest absolute Gasteiger partial charge is 0.441 e. The van der Waals surface area contributed by atoms with Crippen LogP contribution in [0.3, 0.4) is 0 Å². The Morgan fingerprint density at radius 3 is 2.53 bits per heavy atom. The molecular weight excluding hydrogens is 218 g/mol. The van der Waals surface area contributed by atoms with Gasteiger partial charge in [-0.25, -0.2) is 4.98 Å². The zero-order valence-corrected chi connectivity index (χ0v) is 9.93. The van der Waals surface area contributed by atoms with Crippen LogP contribution in [0.4, 0.5) is 0 Å². The lowest BCUT2D eigenvalue weighted by atomic mass is 10.1. The van der Waals surface area contributed by atoms with Crippen molar-refractivity contribution in [1.82, 2.24) is 4.98 Å². The van der Waals surface area contributed by atoms with Gasteiger partial charge >= 0.3 is 0 Å². The first-order valence-corrected chi connectivity index (χ1v) is 5.40. The van der Waals surface area contributed by atoms with E-state index in [1.165, 1.54) is 0 Å². The number of oxazole rings is 1. The normalized spacial score (nSPS) is 10.8. The minimum Gasteiger partial charge on any atom is -0.441 e. The molecule has 0 atom stereocenters. The molecule has 0 fully saturated rings. The van der Waals surface area contributed by atoms with Gasteiger partial charge in [0, 0.05) is 12.7 Å². The second kappa shape index (κ2) is 5.12. The highest BCUT2D eigenvalue weighted by molar-refractivity contribution is 5.54. The molecule has 4 nitrogen and oxygen atoms in total. The van der Waals surface area contributed by atoms with Crippen LogP contribution in [0.5, 0.6) is 0 Å². The number of ether oxygens (including phenoxy) is 1. The average Bonchev–Trinajstić information content (AvgIpc) is 2.72. The number of nitrogens with zero attached hydrogens (tertiary/aromatic N) is 1. The highest BCUT2D eigenvalue weighted by atomic mass is 16.5. The molecule has 0 saturated carbocycles. The maximum absolute atomic E-state index is 9.05. The second-order valence-corrected chi connectivity index (χ2v) is 3.81. The van der Waals surface area contributed by atoms with Gasteiger partial charge in [0.2, 0.25) is 5.89 Å². The van der Waals surface area contributed by atoms with Gasteiger partial charge in [0.15, 0.2) is 0 Å². The van der Waals surface area contributed by atoms with Crippen LogP contribution in [-0.4, -0.2) is 17.2 Å². The van der Waals surface area contributed by atoms with Crippen LogP contribution >= 0.6 is 0 Å². The van der Waals surface area contributed by atoms with Crippen molar-refractivity contribution in [3.05, 3.63) is 41.3 Å². The van der Waals surface area contributed by atoms with Gasteiger partial charge in [0.25, 0.3) is 0 Å². The fourth-order valence-electron chi connectivity index (χ4n) is 1.61. The molecule has 0 unspecified atom stereocenters. The number of aryl methyl sites for hydroxylation is 1. The minimum atomic E-state index is -0.100. The van der Waals surface area contributed by atoms with Gasteiger partial charge in [0.05, 0.1) is 13.2 Å². The Balaban J connectivity index is 2.26. The van der Waals surface area contributed by atoms with Gasteiger partial charge in [0.1, 0.15) is 11.5 Å². The lowest BCUT2D eigenvalue weighted by molar-refractivity contribution is 0.185. The highest BCUT2D eigenvalue weighted by Crippen LogP contribution is 2.22. The number of rotatable bonds is 4. The number of hydrogen-bond donors (Lipinski definition) is 1. The number of benzene rings is 1. The first-order valence-electron chi connectivity index (χ1n) is 5.40. The van der Waals surface area contributed by atoms with Gasteiger partial charge < -0.3 is 14.3 Å². The van der Waals surface area contributed by atoms with E-state index in [4.69, 9.17) is 14.3 Å². The zero-order valence-electron chi connectivity index (χ0n) is 9.93. The van der Waals surface area contributed by atoms with Crippen LogP contribution in [0.2, 0.25) is 0 Å². The lowest BCUT2D eigenvalue weighted by Gasteiger charge is -2.00. The molecule has 2 aromatic rings. The molecule has 90 valence electrons. The van der Waals surface area contributed by atoms with Crippen LogP contribution in [0, 0.1) is 6.92 Å². The number of aliphatic hydroxyl groups is 1. The minimum absolute atomic E-state index is 0.100. The third kappa shape index (κ3) is 2.54. The van der Waals surface area contributed by atoms with Crippen molar-refractivity contribution in [3.8, 4) is 11.5 Å². The van der Waals surface area contributed by atoms with E-state index in [2.05, 4.69) is 4.98 Å². The van der Waals surface area contributed by atoms with Crippen molar-refractivity contribution in [3.63, 3.8) is 0 Å². The molecule has 0 spiro atoms. The van der Waals surface area contributed by atoms with E-state index in [1.54, 1.807) is 14.0 Å². The second-order valence-electron chi connectivity index (χ2n) is 3.81. The lowest BCUT2D eigenvalue weighted by Crippen LogP contribution is -1.87. The molecule has 0 radical (unpaired) electrons. The van der Waals surface area contributed by atoms with Crippen molar-refractivity contribution in [1.29, 1.82) is 0 Å². The smallest absolute Gasteiger partial charge is 0.226 e. The summed E-state index contributed by atoms with van der Waals surface area (Å²) in [7, 11) is 1.67. The Hall–Kier alpha value is -1.65. The summed E-state index contributed by atoms with van der Waals surface area (Å²) in [6, 6.07) is 7.80.